The highest BCUT2D eigenvalue weighted by Gasteiger charge is 2.34. The van der Waals surface area contributed by atoms with Gasteiger partial charge in [-0.05, 0) is 53.5 Å². The molecule has 0 aromatic heterocycles. The number of thioether (sulfide) groups is 1. The minimum absolute atomic E-state index is 0.0540. The molecule has 4 heteroatoms. The van der Waals surface area contributed by atoms with Gasteiger partial charge in [0.05, 0.1) is 10.6 Å². The molecule has 2 nitrogen and oxygen atoms in total. The molecule has 0 aliphatic carbocycles. The Morgan fingerprint density at radius 3 is 2.62 bits per heavy atom. The number of fused-ring (bicyclic) bond motifs is 1. The van der Waals surface area contributed by atoms with E-state index in [0.29, 0.717) is 9.23 Å². The number of hydrogen-bond donors (Lipinski definition) is 0. The molecule has 1 heterocycles. The van der Waals surface area contributed by atoms with Crippen LogP contribution in [-0.2, 0) is 4.79 Å². The van der Waals surface area contributed by atoms with E-state index >= 15 is 0 Å². The van der Waals surface area contributed by atoms with E-state index in [1.54, 1.807) is 4.90 Å². The molecule has 3 aromatic rings. The largest absolute Gasteiger partial charge is 0.270 e. The van der Waals surface area contributed by atoms with Gasteiger partial charge in [-0.15, -0.1) is 0 Å². The fourth-order valence-corrected chi connectivity index (χ4v) is 4.43. The Balaban J connectivity index is 1.77. The van der Waals surface area contributed by atoms with Gasteiger partial charge >= 0.3 is 0 Å². The highest BCUT2D eigenvalue weighted by atomic mass is 32.2. The first kappa shape index (κ1) is 17.0. The molecule has 0 N–H and O–H groups in total. The maximum Gasteiger partial charge on any atom is 0.270 e. The van der Waals surface area contributed by atoms with Crippen LogP contribution in [0.2, 0.25) is 0 Å². The Labute approximate surface area is 162 Å². The van der Waals surface area contributed by atoms with Gasteiger partial charge in [0.1, 0.15) is 0 Å². The topological polar surface area (TPSA) is 20.3 Å². The van der Waals surface area contributed by atoms with E-state index in [2.05, 4.69) is 18.2 Å². The van der Waals surface area contributed by atoms with Crippen LogP contribution >= 0.6 is 24.0 Å². The van der Waals surface area contributed by atoms with Crippen molar-refractivity contribution >= 4 is 56.7 Å². The number of carbonyl (C=O) groups is 1. The fourth-order valence-electron chi connectivity index (χ4n) is 3.15. The van der Waals surface area contributed by atoms with Crippen LogP contribution in [-0.4, -0.2) is 10.2 Å². The van der Waals surface area contributed by atoms with Crippen LogP contribution in [0.25, 0.3) is 16.8 Å². The van der Waals surface area contributed by atoms with Gasteiger partial charge in [-0.3, -0.25) is 9.69 Å². The summed E-state index contributed by atoms with van der Waals surface area (Å²) in [5, 5.41) is 2.29. The lowest BCUT2D eigenvalue weighted by Crippen LogP contribution is -2.28. The molecule has 0 saturated carbocycles. The summed E-state index contributed by atoms with van der Waals surface area (Å²) in [5.41, 5.74) is 4.05. The molecule has 128 valence electrons. The van der Waals surface area contributed by atoms with Crippen molar-refractivity contribution in [3.8, 4) is 0 Å². The molecule has 0 atom stereocenters. The molecule has 4 rings (SSSR count). The van der Waals surface area contributed by atoms with E-state index in [4.69, 9.17) is 12.2 Å². The minimum Gasteiger partial charge on any atom is -0.268 e. The van der Waals surface area contributed by atoms with E-state index in [0.717, 1.165) is 33.2 Å². The van der Waals surface area contributed by atoms with E-state index in [9.17, 15) is 4.79 Å². The minimum atomic E-state index is -0.0540. The van der Waals surface area contributed by atoms with Crippen molar-refractivity contribution in [2.24, 2.45) is 0 Å². The third kappa shape index (κ3) is 2.96. The van der Waals surface area contributed by atoms with E-state index in [1.165, 1.54) is 11.8 Å². The first-order chi connectivity index (χ1) is 12.5. The van der Waals surface area contributed by atoms with Crippen molar-refractivity contribution in [3.63, 3.8) is 0 Å². The van der Waals surface area contributed by atoms with Gasteiger partial charge in [0.15, 0.2) is 4.32 Å². The number of carbonyl (C=O) groups excluding carboxylic acids is 1. The van der Waals surface area contributed by atoms with Gasteiger partial charge in [0.2, 0.25) is 0 Å². The summed E-state index contributed by atoms with van der Waals surface area (Å²) in [4.78, 5) is 15.4. The number of hydrogen-bond acceptors (Lipinski definition) is 3. The summed E-state index contributed by atoms with van der Waals surface area (Å²) in [7, 11) is 0. The second-order valence-electron chi connectivity index (χ2n) is 6.38. The number of nitrogens with zero attached hydrogens (tertiary/aromatic N) is 1. The summed E-state index contributed by atoms with van der Waals surface area (Å²) in [6.45, 7) is 4.02. The van der Waals surface area contributed by atoms with Crippen LogP contribution in [0.3, 0.4) is 0 Å². The van der Waals surface area contributed by atoms with Gasteiger partial charge in [0.25, 0.3) is 5.91 Å². The monoisotopic (exact) mass is 375 g/mol. The van der Waals surface area contributed by atoms with Crippen LogP contribution in [0.5, 0.6) is 0 Å². The summed E-state index contributed by atoms with van der Waals surface area (Å²) >= 11 is 6.88. The third-order valence-corrected chi connectivity index (χ3v) is 5.81. The quantitative estimate of drug-likeness (QED) is 0.413. The first-order valence-electron chi connectivity index (χ1n) is 8.37. The Bertz CT molecular complexity index is 1080. The van der Waals surface area contributed by atoms with Crippen LogP contribution in [0.4, 0.5) is 5.69 Å². The van der Waals surface area contributed by atoms with E-state index in [1.807, 2.05) is 62.4 Å². The molecule has 1 fully saturated rings. The number of thiocarbonyl (C=S) groups is 1. The lowest BCUT2D eigenvalue weighted by molar-refractivity contribution is -0.113. The molecule has 1 saturated heterocycles. The molecule has 1 aliphatic heterocycles. The summed E-state index contributed by atoms with van der Waals surface area (Å²) < 4.78 is 0.579. The fraction of sp³-hybridized carbons (Fsp3) is 0.0909. The number of amides is 1. The van der Waals surface area contributed by atoms with E-state index < -0.39 is 0 Å². The number of anilines is 1. The van der Waals surface area contributed by atoms with Crippen LogP contribution in [0.15, 0.2) is 65.6 Å². The van der Waals surface area contributed by atoms with Gasteiger partial charge in [0, 0.05) is 0 Å². The predicted molar refractivity (Wildman–Crippen MR) is 116 cm³/mol. The molecule has 0 radical (unpaired) electrons. The summed E-state index contributed by atoms with van der Waals surface area (Å²) in [5.74, 6) is -0.0540. The Hall–Kier alpha value is -2.43. The highest BCUT2D eigenvalue weighted by Crippen LogP contribution is 2.38. The molecule has 1 aliphatic rings. The third-order valence-electron chi connectivity index (χ3n) is 4.51. The SMILES string of the molecule is Cc1ccc(C)c(N2C(=O)/C(=C/c3cccc4ccccc34)SC2=S)c1. The van der Waals surface area contributed by atoms with Crippen LogP contribution in [0.1, 0.15) is 16.7 Å². The lowest BCUT2D eigenvalue weighted by Gasteiger charge is -2.17. The Morgan fingerprint density at radius 1 is 1.00 bits per heavy atom. The lowest BCUT2D eigenvalue weighted by atomic mass is 10.0. The molecular weight excluding hydrogens is 358 g/mol. The van der Waals surface area contributed by atoms with Crippen molar-refractivity contribution in [1.82, 2.24) is 0 Å². The number of rotatable bonds is 2. The van der Waals surface area contributed by atoms with E-state index in [-0.39, 0.29) is 5.91 Å². The second kappa shape index (κ2) is 6.71. The standard InChI is InChI=1S/C22H17NOS2/c1-14-10-11-15(2)19(12-14)23-21(24)20(26-22(23)25)13-17-8-5-7-16-6-3-4-9-18(16)17/h3-13H,1-2H3/b20-13-. The molecule has 0 bridgehead atoms. The zero-order valence-electron chi connectivity index (χ0n) is 14.5. The van der Waals surface area contributed by atoms with Crippen molar-refractivity contribution in [2.45, 2.75) is 13.8 Å². The summed E-state index contributed by atoms with van der Waals surface area (Å²) in [6, 6.07) is 20.4. The maximum atomic E-state index is 13.1. The smallest absolute Gasteiger partial charge is 0.268 e. The highest BCUT2D eigenvalue weighted by molar-refractivity contribution is 8.27. The average Bonchev–Trinajstić information content (AvgIpc) is 2.91. The molecular formula is C22H17NOS2. The van der Waals surface area contributed by atoms with Crippen LogP contribution in [0, 0.1) is 13.8 Å². The predicted octanol–water partition coefficient (Wildman–Crippen LogP) is 5.86. The molecule has 3 aromatic carbocycles. The second-order valence-corrected chi connectivity index (χ2v) is 8.05. The molecule has 0 unspecified atom stereocenters. The van der Waals surface area contributed by atoms with Gasteiger partial charge in [-0.2, -0.15) is 0 Å². The zero-order valence-corrected chi connectivity index (χ0v) is 16.2. The Kier molecular flexibility index (Phi) is 4.39. The number of benzene rings is 3. The normalized spacial score (nSPS) is 16.1. The van der Waals surface area contributed by atoms with Crippen molar-refractivity contribution in [1.29, 1.82) is 0 Å². The van der Waals surface area contributed by atoms with Crippen LogP contribution < -0.4 is 4.90 Å². The molecule has 26 heavy (non-hydrogen) atoms. The van der Waals surface area contributed by atoms with Gasteiger partial charge < -0.3 is 0 Å². The van der Waals surface area contributed by atoms with Crippen molar-refractivity contribution in [3.05, 3.63) is 82.3 Å². The van der Waals surface area contributed by atoms with Crippen molar-refractivity contribution in [2.75, 3.05) is 4.90 Å². The maximum absolute atomic E-state index is 13.1. The molecule has 1 amide bonds. The average molecular weight is 376 g/mol. The molecule has 0 spiro atoms. The van der Waals surface area contributed by atoms with Gasteiger partial charge in [-0.25, -0.2) is 0 Å². The van der Waals surface area contributed by atoms with Crippen molar-refractivity contribution < 1.29 is 4.79 Å². The van der Waals surface area contributed by atoms with Gasteiger partial charge in [-0.1, -0.05) is 78.6 Å². The Morgan fingerprint density at radius 2 is 1.77 bits per heavy atom. The summed E-state index contributed by atoms with van der Waals surface area (Å²) in [6.07, 6.45) is 1.95. The number of aryl methyl sites for hydroxylation is 2. The first-order valence-corrected chi connectivity index (χ1v) is 9.60. The zero-order chi connectivity index (χ0) is 18.3.